The highest BCUT2D eigenvalue weighted by atomic mass is 16.5. The van der Waals surface area contributed by atoms with Crippen molar-refractivity contribution in [3.05, 3.63) is 11.7 Å². The molecule has 1 N–H and O–H groups in total. The standard InChI is InChI=1S/C12H22N4O/c1-5-16(9-6-13-7-9)8-10-14-11(15-17-10)12(2,3)4/h9,13H,5-8H2,1-4H3. The van der Waals surface area contributed by atoms with Crippen LogP contribution in [0.3, 0.4) is 0 Å². The van der Waals surface area contributed by atoms with Gasteiger partial charge in [-0.3, -0.25) is 4.90 Å². The van der Waals surface area contributed by atoms with Crippen LogP contribution in [0, 0.1) is 0 Å². The van der Waals surface area contributed by atoms with E-state index in [9.17, 15) is 0 Å². The van der Waals surface area contributed by atoms with Crippen molar-refractivity contribution in [2.75, 3.05) is 19.6 Å². The van der Waals surface area contributed by atoms with E-state index in [0.29, 0.717) is 6.04 Å². The predicted octanol–water partition coefficient (Wildman–Crippen LogP) is 1.16. The van der Waals surface area contributed by atoms with Crippen LogP contribution in [0.4, 0.5) is 0 Å². The number of hydrogen-bond acceptors (Lipinski definition) is 5. The minimum Gasteiger partial charge on any atom is -0.338 e. The number of hydrogen-bond donors (Lipinski definition) is 1. The molecule has 5 heteroatoms. The fourth-order valence-electron chi connectivity index (χ4n) is 1.83. The smallest absolute Gasteiger partial charge is 0.240 e. The van der Waals surface area contributed by atoms with Crippen molar-refractivity contribution in [3.63, 3.8) is 0 Å². The Labute approximate surface area is 103 Å². The van der Waals surface area contributed by atoms with E-state index in [2.05, 4.69) is 48.1 Å². The van der Waals surface area contributed by atoms with E-state index >= 15 is 0 Å². The second-order valence-electron chi connectivity index (χ2n) is 5.64. The zero-order chi connectivity index (χ0) is 12.5. The number of nitrogens with zero attached hydrogens (tertiary/aromatic N) is 3. The Kier molecular flexibility index (Phi) is 3.49. The highest BCUT2D eigenvalue weighted by Crippen LogP contribution is 2.19. The summed E-state index contributed by atoms with van der Waals surface area (Å²) in [5.41, 5.74) is -0.0448. The third-order valence-corrected chi connectivity index (χ3v) is 3.16. The molecule has 1 saturated heterocycles. The van der Waals surface area contributed by atoms with Gasteiger partial charge in [-0.15, -0.1) is 0 Å². The van der Waals surface area contributed by atoms with Gasteiger partial charge in [0.05, 0.1) is 6.54 Å². The maximum atomic E-state index is 5.32. The summed E-state index contributed by atoms with van der Waals surface area (Å²) in [4.78, 5) is 6.84. The molecule has 2 heterocycles. The van der Waals surface area contributed by atoms with Gasteiger partial charge in [-0.25, -0.2) is 0 Å². The molecule has 1 aliphatic heterocycles. The average molecular weight is 238 g/mol. The number of rotatable bonds is 4. The summed E-state index contributed by atoms with van der Waals surface area (Å²) in [5, 5.41) is 7.33. The zero-order valence-electron chi connectivity index (χ0n) is 11.2. The van der Waals surface area contributed by atoms with Crippen LogP contribution in [0.15, 0.2) is 4.52 Å². The highest BCUT2D eigenvalue weighted by Gasteiger charge is 2.26. The minimum atomic E-state index is -0.0448. The molecular formula is C12H22N4O. The molecule has 0 radical (unpaired) electrons. The molecule has 0 unspecified atom stereocenters. The topological polar surface area (TPSA) is 54.2 Å². The van der Waals surface area contributed by atoms with Crippen LogP contribution in [-0.2, 0) is 12.0 Å². The van der Waals surface area contributed by atoms with Crippen LogP contribution in [0.2, 0.25) is 0 Å². The second-order valence-corrected chi connectivity index (χ2v) is 5.64. The molecule has 1 fully saturated rings. The van der Waals surface area contributed by atoms with Gasteiger partial charge in [0.25, 0.3) is 0 Å². The van der Waals surface area contributed by atoms with Crippen LogP contribution in [0.1, 0.15) is 39.4 Å². The number of aromatic nitrogens is 2. The lowest BCUT2D eigenvalue weighted by Crippen LogP contribution is -2.56. The highest BCUT2D eigenvalue weighted by molar-refractivity contribution is 5.00. The molecule has 2 rings (SSSR count). The Morgan fingerprint density at radius 2 is 2.12 bits per heavy atom. The van der Waals surface area contributed by atoms with Crippen LogP contribution in [0.25, 0.3) is 0 Å². The lowest BCUT2D eigenvalue weighted by Gasteiger charge is -2.36. The largest absolute Gasteiger partial charge is 0.338 e. The van der Waals surface area contributed by atoms with Crippen molar-refractivity contribution >= 4 is 0 Å². The third-order valence-electron chi connectivity index (χ3n) is 3.16. The van der Waals surface area contributed by atoms with E-state index in [0.717, 1.165) is 37.9 Å². The number of nitrogens with one attached hydrogen (secondary N) is 1. The monoisotopic (exact) mass is 238 g/mol. The average Bonchev–Trinajstić information content (AvgIpc) is 2.61. The zero-order valence-corrected chi connectivity index (χ0v) is 11.2. The Morgan fingerprint density at radius 3 is 2.53 bits per heavy atom. The van der Waals surface area contributed by atoms with Gasteiger partial charge in [0.15, 0.2) is 5.82 Å². The lowest BCUT2D eigenvalue weighted by atomic mass is 9.96. The summed E-state index contributed by atoms with van der Waals surface area (Å²) in [7, 11) is 0. The SMILES string of the molecule is CCN(Cc1nc(C(C)(C)C)no1)C1CNC1. The quantitative estimate of drug-likeness (QED) is 0.853. The van der Waals surface area contributed by atoms with E-state index in [1.54, 1.807) is 0 Å². The molecule has 0 aromatic carbocycles. The Bertz CT molecular complexity index is 365. The van der Waals surface area contributed by atoms with Crippen LogP contribution < -0.4 is 5.32 Å². The van der Waals surface area contributed by atoms with Crippen molar-refractivity contribution in [1.82, 2.24) is 20.4 Å². The van der Waals surface area contributed by atoms with Gasteiger partial charge in [-0.1, -0.05) is 32.9 Å². The van der Waals surface area contributed by atoms with Gasteiger partial charge in [0, 0.05) is 24.5 Å². The molecule has 0 aliphatic carbocycles. The maximum absolute atomic E-state index is 5.32. The Hall–Kier alpha value is -0.940. The van der Waals surface area contributed by atoms with Crippen LogP contribution in [-0.4, -0.2) is 40.7 Å². The molecule has 5 nitrogen and oxygen atoms in total. The van der Waals surface area contributed by atoms with Gasteiger partial charge in [0.2, 0.25) is 5.89 Å². The summed E-state index contributed by atoms with van der Waals surface area (Å²) in [5.74, 6) is 1.51. The molecule has 0 bridgehead atoms. The van der Waals surface area contributed by atoms with Crippen molar-refractivity contribution in [2.24, 2.45) is 0 Å². The van der Waals surface area contributed by atoms with Crippen LogP contribution in [0.5, 0.6) is 0 Å². The van der Waals surface area contributed by atoms with E-state index in [1.165, 1.54) is 0 Å². The summed E-state index contributed by atoms with van der Waals surface area (Å²) in [6.07, 6.45) is 0. The van der Waals surface area contributed by atoms with Gasteiger partial charge in [0.1, 0.15) is 0 Å². The molecule has 1 aliphatic rings. The van der Waals surface area contributed by atoms with Crippen molar-refractivity contribution in [1.29, 1.82) is 0 Å². The normalized spacial score (nSPS) is 17.5. The first-order valence-corrected chi connectivity index (χ1v) is 6.28. The first-order chi connectivity index (χ1) is 8.00. The van der Waals surface area contributed by atoms with Crippen molar-refractivity contribution in [2.45, 2.75) is 45.7 Å². The summed E-state index contributed by atoms with van der Waals surface area (Å²) < 4.78 is 5.32. The summed E-state index contributed by atoms with van der Waals surface area (Å²) >= 11 is 0. The maximum Gasteiger partial charge on any atom is 0.240 e. The molecule has 0 saturated carbocycles. The summed E-state index contributed by atoms with van der Waals surface area (Å²) in [6, 6.07) is 0.616. The van der Waals surface area contributed by atoms with Gasteiger partial charge >= 0.3 is 0 Å². The van der Waals surface area contributed by atoms with Crippen molar-refractivity contribution in [3.8, 4) is 0 Å². The van der Waals surface area contributed by atoms with Gasteiger partial charge in [-0.2, -0.15) is 4.98 Å². The molecule has 0 atom stereocenters. The molecule has 0 amide bonds. The van der Waals surface area contributed by atoms with Gasteiger partial charge in [-0.05, 0) is 6.54 Å². The first-order valence-electron chi connectivity index (χ1n) is 6.28. The summed E-state index contributed by atoms with van der Waals surface area (Å²) in [6.45, 7) is 12.3. The molecule has 1 aromatic rings. The van der Waals surface area contributed by atoms with Crippen LogP contribution >= 0.6 is 0 Å². The molecular weight excluding hydrogens is 216 g/mol. The van der Waals surface area contributed by atoms with E-state index in [1.807, 2.05) is 0 Å². The predicted molar refractivity (Wildman–Crippen MR) is 65.7 cm³/mol. The fourth-order valence-corrected chi connectivity index (χ4v) is 1.83. The second kappa shape index (κ2) is 4.74. The Morgan fingerprint density at radius 1 is 1.41 bits per heavy atom. The van der Waals surface area contributed by atoms with Crippen molar-refractivity contribution < 1.29 is 4.52 Å². The molecule has 96 valence electrons. The first kappa shape index (κ1) is 12.5. The molecule has 17 heavy (non-hydrogen) atoms. The minimum absolute atomic E-state index is 0.0448. The van der Waals surface area contributed by atoms with E-state index < -0.39 is 0 Å². The lowest BCUT2D eigenvalue weighted by molar-refractivity contribution is 0.129. The third kappa shape index (κ3) is 2.84. The van der Waals surface area contributed by atoms with Gasteiger partial charge < -0.3 is 9.84 Å². The molecule has 0 spiro atoms. The van der Waals surface area contributed by atoms with E-state index in [-0.39, 0.29) is 5.41 Å². The fraction of sp³-hybridized carbons (Fsp3) is 0.833. The van der Waals surface area contributed by atoms with E-state index in [4.69, 9.17) is 4.52 Å². The number of likely N-dealkylation sites (N-methyl/N-ethyl adjacent to an activating group) is 1. The molecule has 1 aromatic heterocycles. The Balaban J connectivity index is 2.00.